The number of carbonyl (C=O) groups excluding carboxylic acids is 1. The molecule has 1 unspecified atom stereocenters. The number of benzene rings is 1. The second-order valence-corrected chi connectivity index (χ2v) is 6.16. The fraction of sp³-hybridized carbons (Fsp3) is 0.250. The highest BCUT2D eigenvalue weighted by Gasteiger charge is 2.28. The lowest BCUT2D eigenvalue weighted by atomic mass is 10.2. The maximum atomic E-state index is 12.6. The van der Waals surface area contributed by atoms with E-state index in [0.717, 1.165) is 23.7 Å². The number of hydrogen-bond donors (Lipinski definition) is 0. The first kappa shape index (κ1) is 13.2. The molecule has 3 nitrogen and oxygen atoms in total. The quantitative estimate of drug-likeness (QED) is 0.812. The molecule has 1 aliphatic rings. The van der Waals surface area contributed by atoms with Gasteiger partial charge in [-0.15, -0.1) is 0 Å². The lowest BCUT2D eigenvalue weighted by Crippen LogP contribution is -2.35. The standard InChI is InChI=1S/C16H16N2OS/c1-12(20-15-8-4-5-10-17-15)16(19)18-11-9-13-6-2-3-7-14(13)18/h2-8,10,12H,9,11H2,1H3. The van der Waals surface area contributed by atoms with Gasteiger partial charge in [0.05, 0.1) is 10.3 Å². The second kappa shape index (κ2) is 5.67. The molecule has 0 saturated heterocycles. The Hall–Kier alpha value is -1.81. The molecule has 1 amide bonds. The van der Waals surface area contributed by atoms with Gasteiger partial charge in [-0.3, -0.25) is 4.79 Å². The molecule has 1 aliphatic heterocycles. The SMILES string of the molecule is CC(Sc1ccccn1)C(=O)N1CCc2ccccc21. The Bertz CT molecular complexity index is 615. The number of amides is 1. The van der Waals surface area contributed by atoms with E-state index in [1.807, 2.05) is 48.2 Å². The van der Waals surface area contributed by atoms with Crippen LogP contribution < -0.4 is 4.90 Å². The van der Waals surface area contributed by atoms with Gasteiger partial charge < -0.3 is 4.90 Å². The zero-order valence-corrected chi connectivity index (χ0v) is 12.1. The monoisotopic (exact) mass is 284 g/mol. The van der Waals surface area contributed by atoms with Crippen LogP contribution in [0.3, 0.4) is 0 Å². The van der Waals surface area contributed by atoms with E-state index in [0.29, 0.717) is 0 Å². The molecule has 0 aliphatic carbocycles. The summed E-state index contributed by atoms with van der Waals surface area (Å²) >= 11 is 1.51. The van der Waals surface area contributed by atoms with Crippen molar-refractivity contribution in [3.05, 3.63) is 54.2 Å². The van der Waals surface area contributed by atoms with Crippen molar-refractivity contribution in [1.82, 2.24) is 4.98 Å². The fourth-order valence-corrected chi connectivity index (χ4v) is 3.30. The molecule has 4 heteroatoms. The number of anilines is 1. The Morgan fingerprint density at radius 1 is 1.25 bits per heavy atom. The van der Waals surface area contributed by atoms with Gasteiger partial charge in [0.15, 0.2) is 0 Å². The summed E-state index contributed by atoms with van der Waals surface area (Å²) in [6.07, 6.45) is 2.70. The third-order valence-electron chi connectivity index (χ3n) is 3.44. The van der Waals surface area contributed by atoms with E-state index >= 15 is 0 Å². The van der Waals surface area contributed by atoms with Gasteiger partial charge >= 0.3 is 0 Å². The van der Waals surface area contributed by atoms with Crippen LogP contribution in [-0.2, 0) is 11.2 Å². The average molecular weight is 284 g/mol. The van der Waals surface area contributed by atoms with Crippen molar-refractivity contribution in [1.29, 1.82) is 0 Å². The van der Waals surface area contributed by atoms with Crippen molar-refractivity contribution in [3.63, 3.8) is 0 Å². The van der Waals surface area contributed by atoms with Gasteiger partial charge in [0.25, 0.3) is 0 Å². The van der Waals surface area contributed by atoms with Gasteiger partial charge in [0, 0.05) is 18.4 Å². The normalized spacial score (nSPS) is 14.9. The van der Waals surface area contributed by atoms with Crippen LogP contribution in [0.15, 0.2) is 53.7 Å². The number of thioether (sulfide) groups is 1. The fourth-order valence-electron chi connectivity index (χ4n) is 2.43. The van der Waals surface area contributed by atoms with Crippen LogP contribution in [0.5, 0.6) is 0 Å². The predicted molar refractivity (Wildman–Crippen MR) is 82.1 cm³/mol. The van der Waals surface area contributed by atoms with E-state index in [2.05, 4.69) is 11.1 Å². The molecule has 20 heavy (non-hydrogen) atoms. The zero-order chi connectivity index (χ0) is 13.9. The molecule has 2 heterocycles. The van der Waals surface area contributed by atoms with Crippen molar-refractivity contribution in [2.45, 2.75) is 23.6 Å². The van der Waals surface area contributed by atoms with Crippen LogP contribution in [0.2, 0.25) is 0 Å². The largest absolute Gasteiger partial charge is 0.311 e. The highest BCUT2D eigenvalue weighted by molar-refractivity contribution is 8.00. The van der Waals surface area contributed by atoms with Crippen LogP contribution in [-0.4, -0.2) is 22.7 Å². The number of fused-ring (bicyclic) bond motifs is 1. The average Bonchev–Trinajstić information content (AvgIpc) is 2.91. The van der Waals surface area contributed by atoms with Crippen LogP contribution >= 0.6 is 11.8 Å². The number of nitrogens with zero attached hydrogens (tertiary/aromatic N) is 2. The van der Waals surface area contributed by atoms with Crippen molar-refractivity contribution in [2.75, 3.05) is 11.4 Å². The minimum absolute atomic E-state index is 0.129. The van der Waals surface area contributed by atoms with Crippen molar-refractivity contribution in [2.24, 2.45) is 0 Å². The second-order valence-electron chi connectivity index (χ2n) is 4.80. The molecule has 102 valence electrons. The highest BCUT2D eigenvalue weighted by Crippen LogP contribution is 2.30. The third kappa shape index (κ3) is 2.56. The lowest BCUT2D eigenvalue weighted by Gasteiger charge is -2.21. The minimum Gasteiger partial charge on any atom is -0.311 e. The Labute approximate surface area is 123 Å². The molecule has 0 fully saturated rings. The topological polar surface area (TPSA) is 33.2 Å². The van der Waals surface area contributed by atoms with Gasteiger partial charge in [-0.1, -0.05) is 36.0 Å². The molecule has 1 aromatic heterocycles. The number of hydrogen-bond acceptors (Lipinski definition) is 3. The number of rotatable bonds is 3. The summed E-state index contributed by atoms with van der Waals surface area (Å²) in [5.74, 6) is 0.158. The maximum Gasteiger partial charge on any atom is 0.240 e. The minimum atomic E-state index is -0.129. The number of carbonyl (C=O) groups is 1. The first-order valence-electron chi connectivity index (χ1n) is 6.72. The molecule has 2 aromatic rings. The van der Waals surface area contributed by atoms with Crippen molar-refractivity contribution in [3.8, 4) is 0 Å². The molecular formula is C16H16N2OS. The van der Waals surface area contributed by atoms with Crippen LogP contribution in [0, 0.1) is 0 Å². The molecule has 0 saturated carbocycles. The predicted octanol–water partition coefficient (Wildman–Crippen LogP) is 3.15. The molecule has 0 radical (unpaired) electrons. The van der Waals surface area contributed by atoms with E-state index in [1.165, 1.54) is 17.3 Å². The Balaban J connectivity index is 1.74. The number of pyridine rings is 1. The molecule has 3 rings (SSSR count). The molecule has 0 bridgehead atoms. The summed E-state index contributed by atoms with van der Waals surface area (Å²) < 4.78 is 0. The van der Waals surface area contributed by atoms with Gasteiger partial charge in [0.2, 0.25) is 5.91 Å². The molecule has 1 atom stereocenters. The molecule has 1 aromatic carbocycles. The molecule has 0 spiro atoms. The van der Waals surface area contributed by atoms with Crippen molar-refractivity contribution >= 4 is 23.4 Å². The third-order valence-corrected chi connectivity index (χ3v) is 4.47. The van der Waals surface area contributed by atoms with Gasteiger partial charge in [0.1, 0.15) is 0 Å². The van der Waals surface area contributed by atoms with Crippen LogP contribution in [0.25, 0.3) is 0 Å². The highest BCUT2D eigenvalue weighted by atomic mass is 32.2. The van der Waals surface area contributed by atoms with Gasteiger partial charge in [-0.05, 0) is 37.1 Å². The Morgan fingerprint density at radius 3 is 2.85 bits per heavy atom. The van der Waals surface area contributed by atoms with Crippen molar-refractivity contribution < 1.29 is 4.79 Å². The number of para-hydroxylation sites is 1. The van der Waals surface area contributed by atoms with Crippen LogP contribution in [0.1, 0.15) is 12.5 Å². The summed E-state index contributed by atoms with van der Waals surface area (Å²) in [6.45, 7) is 2.73. The van der Waals surface area contributed by atoms with Gasteiger partial charge in [-0.2, -0.15) is 0 Å². The van der Waals surface area contributed by atoms with E-state index in [9.17, 15) is 4.79 Å². The first-order valence-corrected chi connectivity index (χ1v) is 7.60. The maximum absolute atomic E-state index is 12.6. The Morgan fingerprint density at radius 2 is 2.05 bits per heavy atom. The zero-order valence-electron chi connectivity index (χ0n) is 11.3. The first-order chi connectivity index (χ1) is 9.75. The van der Waals surface area contributed by atoms with E-state index in [-0.39, 0.29) is 11.2 Å². The summed E-state index contributed by atoms with van der Waals surface area (Å²) in [5.41, 5.74) is 2.32. The lowest BCUT2D eigenvalue weighted by molar-refractivity contribution is -0.117. The van der Waals surface area contributed by atoms with E-state index in [1.54, 1.807) is 6.20 Å². The van der Waals surface area contributed by atoms with Crippen LogP contribution in [0.4, 0.5) is 5.69 Å². The number of aromatic nitrogens is 1. The summed E-state index contributed by atoms with van der Waals surface area (Å²) in [4.78, 5) is 18.8. The van der Waals surface area contributed by atoms with E-state index < -0.39 is 0 Å². The van der Waals surface area contributed by atoms with Gasteiger partial charge in [-0.25, -0.2) is 4.98 Å². The van der Waals surface area contributed by atoms with E-state index in [4.69, 9.17) is 0 Å². The molecular weight excluding hydrogens is 268 g/mol. The molecule has 0 N–H and O–H groups in total. The summed E-state index contributed by atoms with van der Waals surface area (Å²) in [7, 11) is 0. The summed E-state index contributed by atoms with van der Waals surface area (Å²) in [6, 6.07) is 13.9. The summed E-state index contributed by atoms with van der Waals surface area (Å²) in [5, 5.41) is 0.761. The Kier molecular flexibility index (Phi) is 3.74. The smallest absolute Gasteiger partial charge is 0.240 e.